The lowest BCUT2D eigenvalue weighted by Crippen LogP contribution is -1.98. The molecule has 0 heterocycles. The van der Waals surface area contributed by atoms with E-state index in [1.54, 1.807) is 0 Å². The maximum Gasteiger partial charge on any atom is 0.0172 e. The summed E-state index contributed by atoms with van der Waals surface area (Å²) in [5.41, 5.74) is 7.73. The fraction of sp³-hybridized carbons (Fsp3) is 0.455. The monoisotopic (exact) mass is 165 g/mol. The Morgan fingerprint density at radius 3 is 2.42 bits per heavy atom. The van der Waals surface area contributed by atoms with Crippen LogP contribution in [-0.4, -0.2) is 6.54 Å². The Morgan fingerprint density at radius 2 is 2.00 bits per heavy atom. The first-order chi connectivity index (χ1) is 5.74. The zero-order chi connectivity index (χ0) is 9.40. The van der Waals surface area contributed by atoms with Crippen molar-refractivity contribution in [3.05, 3.63) is 36.0 Å². The molecule has 0 aliphatic heterocycles. The molecule has 12 heavy (non-hydrogen) atoms. The molecule has 0 bridgehead atoms. The zero-order valence-electron chi connectivity index (χ0n) is 8.14. The average molecular weight is 165 g/mol. The van der Waals surface area contributed by atoms with Crippen LogP contribution in [0.5, 0.6) is 0 Å². The predicted octanol–water partition coefficient (Wildman–Crippen LogP) is 2.80. The molecule has 0 rings (SSSR count). The molecule has 0 fully saturated rings. The number of allylic oxidation sites excluding steroid dienone is 3. The molecule has 68 valence electrons. The molecule has 0 saturated heterocycles. The van der Waals surface area contributed by atoms with E-state index in [-0.39, 0.29) is 0 Å². The van der Waals surface area contributed by atoms with E-state index in [4.69, 9.17) is 5.73 Å². The lowest BCUT2D eigenvalue weighted by Gasteiger charge is -1.96. The van der Waals surface area contributed by atoms with E-state index in [0.29, 0.717) is 6.54 Å². The van der Waals surface area contributed by atoms with Gasteiger partial charge in [-0.25, -0.2) is 0 Å². The van der Waals surface area contributed by atoms with Crippen LogP contribution in [0, 0.1) is 0 Å². The normalized spacial score (nSPS) is 12.4. The summed E-state index contributed by atoms with van der Waals surface area (Å²) in [6.45, 7) is 8.63. The number of rotatable bonds is 5. The summed E-state index contributed by atoms with van der Waals surface area (Å²) in [5.74, 6) is 0. The summed E-state index contributed by atoms with van der Waals surface area (Å²) in [7, 11) is 0. The third kappa shape index (κ3) is 4.91. The van der Waals surface area contributed by atoms with Gasteiger partial charge in [0.05, 0.1) is 0 Å². The molecule has 2 N–H and O–H groups in total. The van der Waals surface area contributed by atoms with Gasteiger partial charge in [0.15, 0.2) is 0 Å². The second-order valence-corrected chi connectivity index (χ2v) is 2.74. The van der Waals surface area contributed by atoms with Gasteiger partial charge in [-0.3, -0.25) is 0 Å². The molecule has 1 nitrogen and oxygen atoms in total. The molecule has 0 unspecified atom stereocenters. The Hall–Kier alpha value is -0.820. The van der Waals surface area contributed by atoms with E-state index in [2.05, 4.69) is 32.6 Å². The van der Waals surface area contributed by atoms with E-state index in [1.165, 1.54) is 5.57 Å². The average Bonchev–Trinajstić information content (AvgIpc) is 2.11. The van der Waals surface area contributed by atoms with Crippen molar-refractivity contribution < 1.29 is 0 Å². The van der Waals surface area contributed by atoms with Gasteiger partial charge in [0.1, 0.15) is 0 Å². The Balaban J connectivity index is 4.10. The van der Waals surface area contributed by atoms with Gasteiger partial charge in [-0.2, -0.15) is 0 Å². The quantitative estimate of drug-likeness (QED) is 0.623. The molecule has 0 spiro atoms. The highest BCUT2D eigenvalue weighted by atomic mass is 14.5. The third-order valence-electron chi connectivity index (χ3n) is 1.67. The van der Waals surface area contributed by atoms with Crippen molar-refractivity contribution in [2.45, 2.75) is 26.7 Å². The topological polar surface area (TPSA) is 26.0 Å². The first-order valence-corrected chi connectivity index (χ1v) is 4.49. The molecule has 0 aliphatic rings. The van der Waals surface area contributed by atoms with Crippen LogP contribution in [0.4, 0.5) is 0 Å². The van der Waals surface area contributed by atoms with Crippen molar-refractivity contribution in [2.24, 2.45) is 5.73 Å². The summed E-state index contributed by atoms with van der Waals surface area (Å²) >= 11 is 0. The summed E-state index contributed by atoms with van der Waals surface area (Å²) in [5, 5.41) is 0. The van der Waals surface area contributed by atoms with Gasteiger partial charge in [-0.1, -0.05) is 44.2 Å². The molecule has 0 aromatic rings. The van der Waals surface area contributed by atoms with Crippen LogP contribution in [-0.2, 0) is 0 Å². The van der Waals surface area contributed by atoms with E-state index in [9.17, 15) is 0 Å². The lowest BCUT2D eigenvalue weighted by molar-refractivity contribution is 1.09. The van der Waals surface area contributed by atoms with Crippen LogP contribution >= 0.6 is 0 Å². The van der Waals surface area contributed by atoms with Gasteiger partial charge in [-0.15, -0.1) is 0 Å². The van der Waals surface area contributed by atoms with Crippen LogP contribution in [0.25, 0.3) is 0 Å². The lowest BCUT2D eigenvalue weighted by atomic mass is 10.1. The Bertz CT molecular complexity index is 187. The van der Waals surface area contributed by atoms with Crippen LogP contribution in [0.1, 0.15) is 26.7 Å². The highest BCUT2D eigenvalue weighted by Gasteiger charge is 1.86. The fourth-order valence-electron chi connectivity index (χ4n) is 0.885. The molecule has 0 saturated carbocycles. The van der Waals surface area contributed by atoms with Crippen LogP contribution < -0.4 is 5.73 Å². The van der Waals surface area contributed by atoms with Crippen molar-refractivity contribution in [1.82, 2.24) is 0 Å². The molecule has 0 aromatic heterocycles. The van der Waals surface area contributed by atoms with Crippen molar-refractivity contribution >= 4 is 0 Å². The second kappa shape index (κ2) is 6.86. The van der Waals surface area contributed by atoms with Crippen molar-refractivity contribution in [2.75, 3.05) is 6.54 Å². The summed E-state index contributed by atoms with van der Waals surface area (Å²) in [4.78, 5) is 0. The summed E-state index contributed by atoms with van der Waals surface area (Å²) < 4.78 is 0. The maximum absolute atomic E-state index is 5.40. The molecular formula is C11H19N. The van der Waals surface area contributed by atoms with Crippen molar-refractivity contribution in [3.63, 3.8) is 0 Å². The summed E-state index contributed by atoms with van der Waals surface area (Å²) in [6, 6.07) is 0. The minimum Gasteiger partial charge on any atom is -0.327 e. The van der Waals surface area contributed by atoms with Gasteiger partial charge in [0, 0.05) is 6.54 Å². The highest BCUT2D eigenvalue weighted by Crippen LogP contribution is 2.05. The first kappa shape index (κ1) is 11.2. The molecule has 0 radical (unpaired) electrons. The number of nitrogens with two attached hydrogens (primary N) is 1. The predicted molar refractivity (Wildman–Crippen MR) is 56.0 cm³/mol. The minimum absolute atomic E-state index is 0.541. The van der Waals surface area contributed by atoms with Gasteiger partial charge in [0.25, 0.3) is 0 Å². The molecule has 0 aliphatic carbocycles. The molecule has 0 atom stereocenters. The largest absolute Gasteiger partial charge is 0.327 e. The van der Waals surface area contributed by atoms with E-state index in [0.717, 1.165) is 18.4 Å². The molecule has 0 amide bonds. The summed E-state index contributed by atoms with van der Waals surface area (Å²) in [6.07, 6.45) is 8.47. The first-order valence-electron chi connectivity index (χ1n) is 4.49. The third-order valence-corrected chi connectivity index (χ3v) is 1.67. The Labute approximate surface area is 75.7 Å². The standard InChI is InChI=1S/C11H19N/c1-4-6-11(5-2)8-7-10(3)9-12/h6-8H,3-5,9,12H2,1-2H3/b8-7-,11-6-. The van der Waals surface area contributed by atoms with Gasteiger partial charge < -0.3 is 5.73 Å². The number of hydrogen-bond donors (Lipinski definition) is 1. The van der Waals surface area contributed by atoms with Crippen LogP contribution in [0.2, 0.25) is 0 Å². The van der Waals surface area contributed by atoms with Crippen molar-refractivity contribution in [1.29, 1.82) is 0 Å². The zero-order valence-corrected chi connectivity index (χ0v) is 8.14. The fourth-order valence-corrected chi connectivity index (χ4v) is 0.885. The van der Waals surface area contributed by atoms with E-state index in [1.807, 2.05) is 6.08 Å². The smallest absolute Gasteiger partial charge is 0.0172 e. The SMILES string of the molecule is C=C(/C=C\C(=C/CC)CC)CN. The molecule has 0 aromatic carbocycles. The second-order valence-electron chi connectivity index (χ2n) is 2.74. The molecular weight excluding hydrogens is 146 g/mol. The minimum atomic E-state index is 0.541. The highest BCUT2D eigenvalue weighted by molar-refractivity contribution is 5.26. The number of hydrogen-bond acceptors (Lipinski definition) is 1. The Morgan fingerprint density at radius 1 is 1.33 bits per heavy atom. The van der Waals surface area contributed by atoms with E-state index < -0.39 is 0 Å². The van der Waals surface area contributed by atoms with Gasteiger partial charge in [-0.05, 0) is 18.4 Å². The Kier molecular flexibility index (Phi) is 6.39. The van der Waals surface area contributed by atoms with Gasteiger partial charge >= 0.3 is 0 Å². The maximum atomic E-state index is 5.40. The van der Waals surface area contributed by atoms with Crippen LogP contribution in [0.15, 0.2) is 36.0 Å². The molecule has 1 heteroatoms. The van der Waals surface area contributed by atoms with Crippen LogP contribution in [0.3, 0.4) is 0 Å². The van der Waals surface area contributed by atoms with Gasteiger partial charge in [0.2, 0.25) is 0 Å². The van der Waals surface area contributed by atoms with E-state index >= 15 is 0 Å². The van der Waals surface area contributed by atoms with Crippen molar-refractivity contribution in [3.8, 4) is 0 Å².